The molecule has 3 aromatic rings. The molecular formula is C21H20N2O4S. The van der Waals surface area contributed by atoms with Gasteiger partial charge in [0.25, 0.3) is 9.84 Å². The molecule has 0 spiro atoms. The summed E-state index contributed by atoms with van der Waals surface area (Å²) in [5.74, 6) is 0. The third-order valence-corrected chi connectivity index (χ3v) is 6.87. The third kappa shape index (κ3) is 3.57. The fourth-order valence-corrected chi connectivity index (χ4v) is 5.16. The van der Waals surface area contributed by atoms with Crippen LogP contribution in [-0.2, 0) is 27.6 Å². The molecule has 1 aliphatic rings. The number of ether oxygens (including phenoxy) is 1. The van der Waals surface area contributed by atoms with Gasteiger partial charge in [0, 0.05) is 18.4 Å². The van der Waals surface area contributed by atoms with Crippen molar-refractivity contribution < 1.29 is 17.9 Å². The van der Waals surface area contributed by atoms with Crippen molar-refractivity contribution in [3.8, 4) is 0 Å². The maximum atomic E-state index is 13.1. The second kappa shape index (κ2) is 7.59. The largest absolute Gasteiger partial charge is 0.449 e. The van der Waals surface area contributed by atoms with E-state index in [0.717, 1.165) is 11.1 Å². The number of aromatic nitrogens is 2. The van der Waals surface area contributed by atoms with Gasteiger partial charge in [0.2, 0.25) is 0 Å². The molecule has 0 saturated carbocycles. The van der Waals surface area contributed by atoms with E-state index in [9.17, 15) is 13.2 Å². The van der Waals surface area contributed by atoms with Crippen molar-refractivity contribution in [3.05, 3.63) is 90.0 Å². The molecule has 0 aliphatic heterocycles. The molecule has 0 fully saturated rings. The minimum atomic E-state index is -4.16. The van der Waals surface area contributed by atoms with Gasteiger partial charge in [-0.25, -0.2) is 18.2 Å². The first kappa shape index (κ1) is 18.4. The molecule has 0 radical (unpaired) electrons. The fourth-order valence-electron chi connectivity index (χ4n) is 3.67. The van der Waals surface area contributed by atoms with E-state index in [1.165, 1.54) is 0 Å². The van der Waals surface area contributed by atoms with Crippen molar-refractivity contribution in [3.63, 3.8) is 0 Å². The van der Waals surface area contributed by atoms with Crippen LogP contribution in [0.1, 0.15) is 34.4 Å². The lowest BCUT2D eigenvalue weighted by Crippen LogP contribution is -2.30. The van der Waals surface area contributed by atoms with Crippen molar-refractivity contribution in [2.24, 2.45) is 0 Å². The van der Waals surface area contributed by atoms with Gasteiger partial charge >= 0.3 is 5.30 Å². The van der Waals surface area contributed by atoms with Gasteiger partial charge in [-0.2, -0.15) is 0 Å². The second-order valence-corrected chi connectivity index (χ2v) is 8.85. The summed E-state index contributed by atoms with van der Waals surface area (Å²) in [6.45, 7) is -0.0712. The predicted molar refractivity (Wildman–Crippen MR) is 104 cm³/mol. The summed E-state index contributed by atoms with van der Waals surface area (Å²) in [4.78, 5) is 16.6. The Bertz CT molecular complexity index is 1060. The molecule has 4 rings (SSSR count). The van der Waals surface area contributed by atoms with Gasteiger partial charge in [-0.1, -0.05) is 54.6 Å². The summed E-state index contributed by atoms with van der Waals surface area (Å²) in [6.07, 6.45) is 6.15. The highest BCUT2D eigenvalue weighted by Crippen LogP contribution is 2.41. The van der Waals surface area contributed by atoms with E-state index < -0.39 is 20.4 Å². The molecule has 144 valence electrons. The molecule has 1 aromatic heterocycles. The number of carbonyl (C=O) groups excluding carboxylic acids is 1. The predicted octanol–water partition coefficient (Wildman–Crippen LogP) is 3.86. The van der Waals surface area contributed by atoms with Crippen molar-refractivity contribution in [1.29, 1.82) is 0 Å². The second-order valence-electron chi connectivity index (χ2n) is 6.86. The van der Waals surface area contributed by atoms with E-state index in [2.05, 4.69) is 4.98 Å². The molecule has 1 unspecified atom stereocenters. The Morgan fingerprint density at radius 3 is 2.61 bits per heavy atom. The zero-order valence-corrected chi connectivity index (χ0v) is 16.0. The highest BCUT2D eigenvalue weighted by atomic mass is 32.2. The molecule has 0 amide bonds. The highest BCUT2D eigenvalue weighted by molar-refractivity contribution is 8.05. The normalized spacial score (nSPS) is 19.0. The number of benzene rings is 2. The molecule has 7 heteroatoms. The van der Waals surface area contributed by atoms with Gasteiger partial charge in [0.05, 0.1) is 11.6 Å². The lowest BCUT2D eigenvalue weighted by Gasteiger charge is -2.31. The number of rotatable bonds is 4. The van der Waals surface area contributed by atoms with E-state index in [1.54, 1.807) is 36.8 Å². The van der Waals surface area contributed by atoms with Crippen molar-refractivity contribution >= 4 is 15.1 Å². The first-order valence-electron chi connectivity index (χ1n) is 9.05. The van der Waals surface area contributed by atoms with Gasteiger partial charge in [-0.3, -0.25) is 0 Å². The summed E-state index contributed by atoms with van der Waals surface area (Å²) in [5, 5.41) is -2.12. The number of sulfone groups is 1. The summed E-state index contributed by atoms with van der Waals surface area (Å²) in [6, 6.07) is 16.3. The van der Waals surface area contributed by atoms with Crippen LogP contribution in [0, 0.1) is 0 Å². The quantitative estimate of drug-likeness (QED) is 0.626. The Kier molecular flexibility index (Phi) is 5.00. The molecule has 2 aromatic carbocycles. The van der Waals surface area contributed by atoms with Crippen LogP contribution in [0.5, 0.6) is 0 Å². The van der Waals surface area contributed by atoms with Gasteiger partial charge in [-0.15, -0.1) is 0 Å². The molecular weight excluding hydrogens is 376 g/mol. The highest BCUT2D eigenvalue weighted by Gasteiger charge is 2.41. The third-order valence-electron chi connectivity index (χ3n) is 5.10. The number of imidazole rings is 1. The maximum Gasteiger partial charge on any atom is 0.425 e. The molecule has 0 bridgehead atoms. The van der Waals surface area contributed by atoms with Gasteiger partial charge in [-0.05, 0) is 29.5 Å². The number of hydrogen-bond donors (Lipinski definition) is 0. The van der Waals surface area contributed by atoms with Gasteiger partial charge < -0.3 is 9.30 Å². The van der Waals surface area contributed by atoms with Crippen LogP contribution in [0.25, 0.3) is 0 Å². The average Bonchev–Trinajstić information content (AvgIpc) is 3.26. The minimum Gasteiger partial charge on any atom is -0.449 e. The summed E-state index contributed by atoms with van der Waals surface area (Å²) in [5.41, 5.74) is 2.35. The smallest absolute Gasteiger partial charge is 0.425 e. The summed E-state index contributed by atoms with van der Waals surface area (Å²) in [7, 11) is -4.16. The Balaban J connectivity index is 1.60. The Morgan fingerprint density at radius 1 is 1.11 bits per heavy atom. The number of carbonyl (C=O) groups is 1. The fraction of sp³-hybridized carbons (Fsp3) is 0.238. The first-order valence-corrected chi connectivity index (χ1v) is 10.6. The Hall–Kier alpha value is -2.93. The van der Waals surface area contributed by atoms with E-state index >= 15 is 0 Å². The Morgan fingerprint density at radius 2 is 1.86 bits per heavy atom. The van der Waals surface area contributed by atoms with Crippen LogP contribution >= 0.6 is 0 Å². The molecule has 6 nitrogen and oxygen atoms in total. The SMILES string of the molecule is O=C(OCc1ccccc1)S(=O)(=O)C1C[C@H](n2ccnc2)Cc2ccccc21. The van der Waals surface area contributed by atoms with Crippen molar-refractivity contribution in [2.45, 2.75) is 30.7 Å². The average molecular weight is 396 g/mol. The lowest BCUT2D eigenvalue weighted by atomic mass is 9.88. The van der Waals surface area contributed by atoms with Crippen molar-refractivity contribution in [1.82, 2.24) is 9.55 Å². The number of hydrogen-bond acceptors (Lipinski definition) is 5. The molecule has 0 N–H and O–H groups in total. The lowest BCUT2D eigenvalue weighted by molar-refractivity contribution is 0.165. The molecule has 1 heterocycles. The zero-order chi connectivity index (χ0) is 19.6. The van der Waals surface area contributed by atoms with Crippen LogP contribution < -0.4 is 0 Å². The van der Waals surface area contributed by atoms with E-state index in [4.69, 9.17) is 4.74 Å². The Labute approximate surface area is 163 Å². The van der Waals surface area contributed by atoms with Crippen LogP contribution in [0.2, 0.25) is 0 Å². The summed E-state index contributed by atoms with van der Waals surface area (Å²) < 4.78 is 33.2. The van der Waals surface area contributed by atoms with E-state index in [1.807, 2.05) is 41.1 Å². The van der Waals surface area contributed by atoms with Crippen LogP contribution in [-0.4, -0.2) is 23.3 Å². The topological polar surface area (TPSA) is 78.3 Å². The minimum absolute atomic E-state index is 0.0712. The summed E-state index contributed by atoms with van der Waals surface area (Å²) >= 11 is 0. The van der Waals surface area contributed by atoms with E-state index in [0.29, 0.717) is 18.4 Å². The molecule has 1 aliphatic carbocycles. The number of nitrogens with zero attached hydrogens (tertiary/aromatic N) is 2. The molecule has 28 heavy (non-hydrogen) atoms. The van der Waals surface area contributed by atoms with Gasteiger partial charge in [0.1, 0.15) is 6.61 Å². The molecule has 0 saturated heterocycles. The first-order chi connectivity index (χ1) is 13.6. The van der Waals surface area contributed by atoms with E-state index in [-0.39, 0.29) is 12.6 Å². The zero-order valence-electron chi connectivity index (χ0n) is 15.1. The van der Waals surface area contributed by atoms with Gasteiger partial charge in [0.15, 0.2) is 0 Å². The standard InChI is InChI=1S/C21H20N2O4S/c24-21(27-14-16-6-2-1-3-7-16)28(25,26)20-13-18(23-11-10-22-15-23)12-17-8-4-5-9-19(17)20/h1-11,15,18,20H,12-14H2/t18-,20?/m1/s1. The maximum absolute atomic E-state index is 13.1. The van der Waals surface area contributed by atoms with Crippen LogP contribution in [0.15, 0.2) is 73.3 Å². The van der Waals surface area contributed by atoms with Crippen LogP contribution in [0.4, 0.5) is 4.79 Å². The van der Waals surface area contributed by atoms with Crippen molar-refractivity contribution in [2.75, 3.05) is 0 Å². The monoisotopic (exact) mass is 396 g/mol. The molecule has 2 atom stereocenters. The number of fused-ring (bicyclic) bond motifs is 1. The van der Waals surface area contributed by atoms with Crippen LogP contribution in [0.3, 0.4) is 0 Å².